The van der Waals surface area contributed by atoms with E-state index in [4.69, 9.17) is 9.72 Å². The highest BCUT2D eigenvalue weighted by Crippen LogP contribution is 2.37. The molecular weight excluding hydrogens is 268 g/mol. The number of nitrogens with one attached hydrogen (secondary N) is 1. The Kier molecular flexibility index (Phi) is 4.43. The number of hydrogen-bond acceptors (Lipinski definition) is 4. The van der Waals surface area contributed by atoms with Crippen LogP contribution < -0.4 is 5.32 Å². The summed E-state index contributed by atoms with van der Waals surface area (Å²) in [6, 6.07) is 8.41. The van der Waals surface area contributed by atoms with Gasteiger partial charge in [-0.3, -0.25) is 4.98 Å². The number of anilines is 1. The lowest BCUT2D eigenvalue weighted by molar-refractivity contribution is 0.147. The average molecular weight is 288 g/mol. The van der Waals surface area contributed by atoms with Crippen LogP contribution in [0.15, 0.2) is 24.3 Å². The summed E-state index contributed by atoms with van der Waals surface area (Å²) in [4.78, 5) is 4.79. The van der Waals surface area contributed by atoms with E-state index in [1.165, 1.54) is 22.3 Å². The summed E-state index contributed by atoms with van der Waals surface area (Å²) >= 11 is 1.95. The van der Waals surface area contributed by atoms with Gasteiger partial charge in [0.25, 0.3) is 0 Å². The van der Waals surface area contributed by atoms with E-state index in [1.54, 1.807) is 0 Å². The summed E-state index contributed by atoms with van der Waals surface area (Å²) in [6.45, 7) is 4.60. The third-order valence-electron chi connectivity index (χ3n) is 3.54. The maximum Gasteiger partial charge on any atom is 0.0726 e. The number of ether oxygens (including phenoxy) is 1. The second-order valence-corrected chi connectivity index (χ2v) is 5.88. The van der Waals surface area contributed by atoms with Gasteiger partial charge in [-0.1, -0.05) is 18.2 Å². The highest BCUT2D eigenvalue weighted by atomic mass is 32.2. The Balaban J connectivity index is 1.84. The number of rotatable bonds is 6. The van der Waals surface area contributed by atoms with Gasteiger partial charge in [0.15, 0.2) is 0 Å². The number of nitrogens with zero attached hydrogens (tertiary/aromatic N) is 1. The standard InChI is InChI=1S/C16H20N2OS/c1-2-19-9-5-8-17-16-12-6-3-4-7-14(12)18-15-11-20-10-13(15)16/h3-4,6-7H,2,5,8-11H2,1H3,(H,17,18). The highest BCUT2D eigenvalue weighted by Gasteiger charge is 2.19. The van der Waals surface area contributed by atoms with Gasteiger partial charge >= 0.3 is 0 Å². The normalized spacial score (nSPS) is 13.7. The van der Waals surface area contributed by atoms with E-state index in [9.17, 15) is 0 Å². The van der Waals surface area contributed by atoms with E-state index in [1.807, 2.05) is 18.7 Å². The van der Waals surface area contributed by atoms with Gasteiger partial charge in [0.1, 0.15) is 0 Å². The Bertz CT molecular complexity index is 600. The van der Waals surface area contributed by atoms with Crippen molar-refractivity contribution < 1.29 is 4.74 Å². The summed E-state index contributed by atoms with van der Waals surface area (Å²) in [5, 5.41) is 4.85. The quantitative estimate of drug-likeness (QED) is 0.819. The van der Waals surface area contributed by atoms with Crippen molar-refractivity contribution in [3.05, 3.63) is 35.5 Å². The maximum atomic E-state index is 5.40. The molecule has 1 aliphatic rings. The zero-order valence-corrected chi connectivity index (χ0v) is 12.6. The second kappa shape index (κ2) is 6.46. The average Bonchev–Trinajstić information content (AvgIpc) is 2.94. The molecule has 0 atom stereocenters. The molecule has 3 nitrogen and oxygen atoms in total. The van der Waals surface area contributed by atoms with Crippen molar-refractivity contribution in [2.24, 2.45) is 0 Å². The molecule has 106 valence electrons. The largest absolute Gasteiger partial charge is 0.384 e. The number of aromatic nitrogens is 1. The van der Waals surface area contributed by atoms with Crippen LogP contribution in [0.4, 0.5) is 5.69 Å². The molecule has 1 aliphatic heterocycles. The minimum Gasteiger partial charge on any atom is -0.384 e. The lowest BCUT2D eigenvalue weighted by atomic mass is 10.1. The van der Waals surface area contributed by atoms with Gasteiger partial charge in [0, 0.05) is 47.9 Å². The maximum absolute atomic E-state index is 5.40. The minimum absolute atomic E-state index is 0.796. The van der Waals surface area contributed by atoms with Crippen LogP contribution in [-0.4, -0.2) is 24.7 Å². The second-order valence-electron chi connectivity index (χ2n) is 4.90. The van der Waals surface area contributed by atoms with Crippen LogP contribution in [-0.2, 0) is 16.2 Å². The third kappa shape index (κ3) is 2.76. The van der Waals surface area contributed by atoms with Crippen molar-refractivity contribution >= 4 is 28.4 Å². The number of pyridine rings is 1. The van der Waals surface area contributed by atoms with Crippen molar-refractivity contribution in [2.45, 2.75) is 24.9 Å². The molecule has 0 saturated carbocycles. The predicted octanol–water partition coefficient (Wildman–Crippen LogP) is 3.82. The van der Waals surface area contributed by atoms with Crippen LogP contribution in [0, 0.1) is 0 Å². The molecule has 0 spiro atoms. The van der Waals surface area contributed by atoms with Crippen molar-refractivity contribution in [3.8, 4) is 0 Å². The Morgan fingerprint density at radius 2 is 2.20 bits per heavy atom. The van der Waals surface area contributed by atoms with Gasteiger partial charge in [0.2, 0.25) is 0 Å². The van der Waals surface area contributed by atoms with Crippen LogP contribution >= 0.6 is 11.8 Å². The topological polar surface area (TPSA) is 34.1 Å². The molecule has 1 aromatic heterocycles. The van der Waals surface area contributed by atoms with Crippen molar-refractivity contribution in [1.82, 2.24) is 4.98 Å². The highest BCUT2D eigenvalue weighted by molar-refractivity contribution is 7.98. The number of benzene rings is 1. The molecule has 1 aromatic carbocycles. The van der Waals surface area contributed by atoms with Gasteiger partial charge < -0.3 is 10.1 Å². The minimum atomic E-state index is 0.796. The van der Waals surface area contributed by atoms with E-state index in [0.717, 1.165) is 43.2 Å². The first-order valence-corrected chi connectivity index (χ1v) is 8.35. The molecule has 0 amide bonds. The molecule has 20 heavy (non-hydrogen) atoms. The van der Waals surface area contributed by atoms with Crippen molar-refractivity contribution in [3.63, 3.8) is 0 Å². The number of fused-ring (bicyclic) bond motifs is 2. The van der Waals surface area contributed by atoms with Gasteiger partial charge in [-0.05, 0) is 19.4 Å². The first-order chi connectivity index (χ1) is 9.90. The van der Waals surface area contributed by atoms with E-state index >= 15 is 0 Å². The summed E-state index contributed by atoms with van der Waals surface area (Å²) in [5.74, 6) is 2.11. The molecule has 2 aromatic rings. The zero-order chi connectivity index (χ0) is 13.8. The fourth-order valence-corrected chi connectivity index (χ4v) is 3.61. The molecule has 0 radical (unpaired) electrons. The molecular formula is C16H20N2OS. The van der Waals surface area contributed by atoms with Gasteiger partial charge in [-0.15, -0.1) is 0 Å². The van der Waals surface area contributed by atoms with E-state index in [2.05, 4.69) is 29.6 Å². The Morgan fingerprint density at radius 3 is 3.10 bits per heavy atom. The Hall–Kier alpha value is -1.26. The zero-order valence-electron chi connectivity index (χ0n) is 11.8. The lowest BCUT2D eigenvalue weighted by Crippen LogP contribution is -2.08. The fraction of sp³-hybridized carbons (Fsp3) is 0.438. The summed E-state index contributed by atoms with van der Waals surface area (Å²) in [6.07, 6.45) is 1.03. The van der Waals surface area contributed by atoms with Crippen LogP contribution in [0.2, 0.25) is 0 Å². The smallest absolute Gasteiger partial charge is 0.0726 e. The summed E-state index contributed by atoms with van der Waals surface area (Å²) in [5.41, 5.74) is 5.03. The molecule has 2 heterocycles. The summed E-state index contributed by atoms with van der Waals surface area (Å²) in [7, 11) is 0. The van der Waals surface area contributed by atoms with E-state index in [0.29, 0.717) is 0 Å². The number of hydrogen-bond donors (Lipinski definition) is 1. The van der Waals surface area contributed by atoms with Gasteiger partial charge in [-0.25, -0.2) is 0 Å². The Labute approximate surface area is 124 Å². The lowest BCUT2D eigenvalue weighted by Gasteiger charge is -2.14. The SMILES string of the molecule is CCOCCCNc1c2c(nc3ccccc13)CSC2. The van der Waals surface area contributed by atoms with Gasteiger partial charge in [-0.2, -0.15) is 11.8 Å². The van der Waals surface area contributed by atoms with Crippen molar-refractivity contribution in [1.29, 1.82) is 0 Å². The molecule has 1 N–H and O–H groups in total. The molecule has 0 saturated heterocycles. The van der Waals surface area contributed by atoms with Crippen LogP contribution in [0.25, 0.3) is 10.9 Å². The summed E-state index contributed by atoms with van der Waals surface area (Å²) < 4.78 is 5.40. The van der Waals surface area contributed by atoms with Crippen molar-refractivity contribution in [2.75, 3.05) is 25.1 Å². The Morgan fingerprint density at radius 1 is 1.30 bits per heavy atom. The van der Waals surface area contributed by atoms with E-state index in [-0.39, 0.29) is 0 Å². The molecule has 0 bridgehead atoms. The van der Waals surface area contributed by atoms with Crippen LogP contribution in [0.1, 0.15) is 24.6 Å². The molecule has 0 unspecified atom stereocenters. The first-order valence-electron chi connectivity index (χ1n) is 7.20. The first kappa shape index (κ1) is 13.7. The van der Waals surface area contributed by atoms with E-state index < -0.39 is 0 Å². The molecule has 0 aliphatic carbocycles. The number of para-hydroxylation sites is 1. The van der Waals surface area contributed by atoms with Gasteiger partial charge in [0.05, 0.1) is 11.2 Å². The molecule has 0 fully saturated rings. The van der Waals surface area contributed by atoms with Crippen LogP contribution in [0.3, 0.4) is 0 Å². The number of thioether (sulfide) groups is 1. The van der Waals surface area contributed by atoms with Crippen LogP contribution in [0.5, 0.6) is 0 Å². The molecule has 3 rings (SSSR count). The fourth-order valence-electron chi connectivity index (χ4n) is 2.56. The third-order valence-corrected chi connectivity index (χ3v) is 4.51. The predicted molar refractivity (Wildman–Crippen MR) is 86.3 cm³/mol. The monoisotopic (exact) mass is 288 g/mol. The molecule has 4 heteroatoms.